The number of alkyl halides is 3. The number of nitrogens with one attached hydrogen (secondary N) is 1. The number of carbonyl (C=O) groups excluding carboxylic acids is 2. The highest BCUT2D eigenvalue weighted by Crippen LogP contribution is 2.30. The van der Waals surface area contributed by atoms with Crippen LogP contribution in [-0.2, 0) is 20.5 Å². The summed E-state index contributed by atoms with van der Waals surface area (Å²) in [4.78, 5) is 27.0. The molecule has 0 aliphatic carbocycles. The molecule has 1 aliphatic rings. The second kappa shape index (κ2) is 9.28. The van der Waals surface area contributed by atoms with Gasteiger partial charge in [0.05, 0.1) is 36.6 Å². The monoisotopic (exact) mass is 550 g/mol. The number of nitrogens with zero attached hydrogens (tertiary/aromatic N) is 6. The fourth-order valence-corrected chi connectivity index (χ4v) is 3.89. The Labute approximate surface area is 215 Å². The lowest BCUT2D eigenvalue weighted by Gasteiger charge is -2.37. The molecule has 4 heterocycles. The maximum Gasteiger partial charge on any atom is 0.435 e. The number of ether oxygens (including phenoxy) is 1. The molecule has 2 amide bonds. The van der Waals surface area contributed by atoms with E-state index in [0.29, 0.717) is 11.5 Å². The molecular weight excluding hydrogens is 532 g/mol. The number of aromatic nitrogens is 5. The number of hydrogen-bond acceptors (Lipinski definition) is 10. The van der Waals surface area contributed by atoms with Gasteiger partial charge >= 0.3 is 6.18 Å². The first-order chi connectivity index (χ1) is 18.4. The van der Waals surface area contributed by atoms with Crippen molar-refractivity contribution in [3.8, 4) is 5.69 Å². The van der Waals surface area contributed by atoms with Crippen LogP contribution in [0.5, 0.6) is 0 Å². The number of nitrogen functional groups attached to an aromatic ring is 1. The van der Waals surface area contributed by atoms with Crippen molar-refractivity contribution in [2.24, 2.45) is 0 Å². The van der Waals surface area contributed by atoms with Crippen molar-refractivity contribution in [3.05, 3.63) is 48.2 Å². The van der Waals surface area contributed by atoms with Gasteiger partial charge in [-0.2, -0.15) is 18.3 Å². The van der Waals surface area contributed by atoms with Crippen LogP contribution in [0.25, 0.3) is 16.7 Å². The standard InChI is InChI=1S/C22H18F4N8O5/c1-21(37,20(36)29-10-2-3-12-14(6-10)39-32-17(12)27)16-19(35)33(4-5-38-16)18-13(23)9-34(31-18)11-7-15(22(24,25)26)30-28-8-11/h2-3,6-9,16,37H,4-5H2,1H3,(H2,27,32)(H,29,36)/t16-,21+/m0/s1. The highest BCUT2D eigenvalue weighted by Gasteiger charge is 2.49. The minimum Gasteiger partial charge on any atom is -0.380 e. The van der Waals surface area contributed by atoms with Crippen LogP contribution < -0.4 is 16.0 Å². The Morgan fingerprint density at radius 2 is 2.05 bits per heavy atom. The Morgan fingerprint density at radius 3 is 2.79 bits per heavy atom. The zero-order valence-corrected chi connectivity index (χ0v) is 19.8. The average molecular weight is 550 g/mol. The number of benzene rings is 1. The van der Waals surface area contributed by atoms with E-state index < -0.39 is 47.0 Å². The summed E-state index contributed by atoms with van der Waals surface area (Å²) in [7, 11) is 0. The Balaban J connectivity index is 1.37. The van der Waals surface area contributed by atoms with Gasteiger partial charge in [-0.1, -0.05) is 5.16 Å². The smallest absolute Gasteiger partial charge is 0.380 e. The third kappa shape index (κ3) is 4.72. The van der Waals surface area contributed by atoms with E-state index in [-0.39, 0.29) is 35.9 Å². The van der Waals surface area contributed by atoms with Crippen LogP contribution in [-0.4, -0.2) is 66.9 Å². The summed E-state index contributed by atoms with van der Waals surface area (Å²) < 4.78 is 65.0. The molecule has 0 unspecified atom stereocenters. The van der Waals surface area contributed by atoms with Crippen molar-refractivity contribution in [2.45, 2.75) is 24.8 Å². The Kier molecular flexibility index (Phi) is 6.18. The zero-order valence-electron chi connectivity index (χ0n) is 19.8. The predicted molar refractivity (Wildman–Crippen MR) is 124 cm³/mol. The van der Waals surface area contributed by atoms with Crippen LogP contribution in [0.1, 0.15) is 12.6 Å². The maximum absolute atomic E-state index is 14.8. The Hall–Kier alpha value is -4.64. The molecule has 204 valence electrons. The molecule has 39 heavy (non-hydrogen) atoms. The highest BCUT2D eigenvalue weighted by molar-refractivity contribution is 6.06. The summed E-state index contributed by atoms with van der Waals surface area (Å²) >= 11 is 0. The van der Waals surface area contributed by atoms with Gasteiger partial charge in [0.15, 0.2) is 40.4 Å². The van der Waals surface area contributed by atoms with Crippen molar-refractivity contribution >= 4 is 40.1 Å². The largest absolute Gasteiger partial charge is 0.435 e. The van der Waals surface area contributed by atoms with Crippen LogP contribution in [0.3, 0.4) is 0 Å². The number of fused-ring (bicyclic) bond motifs is 1. The summed E-state index contributed by atoms with van der Waals surface area (Å²) in [5.74, 6) is -3.50. The first-order valence-corrected chi connectivity index (χ1v) is 11.1. The predicted octanol–water partition coefficient (Wildman–Crippen LogP) is 1.67. The minimum atomic E-state index is -4.80. The molecule has 0 saturated carbocycles. The summed E-state index contributed by atoms with van der Waals surface area (Å²) in [6, 6.07) is 5.01. The molecule has 1 fully saturated rings. The van der Waals surface area contributed by atoms with Gasteiger partial charge in [-0.3, -0.25) is 14.5 Å². The number of amides is 2. The Bertz CT molecular complexity index is 1580. The number of carbonyl (C=O) groups is 2. The first kappa shape index (κ1) is 26.0. The first-order valence-electron chi connectivity index (χ1n) is 11.1. The van der Waals surface area contributed by atoms with Crippen LogP contribution in [0.15, 0.2) is 41.2 Å². The number of nitrogens with two attached hydrogens (primary N) is 1. The molecule has 17 heteroatoms. The second-order valence-electron chi connectivity index (χ2n) is 8.66. The third-order valence-electron chi connectivity index (χ3n) is 5.92. The van der Waals surface area contributed by atoms with Crippen LogP contribution in [0, 0.1) is 5.82 Å². The average Bonchev–Trinajstić information content (AvgIpc) is 3.45. The molecule has 3 aromatic heterocycles. The van der Waals surface area contributed by atoms with E-state index in [1.54, 1.807) is 0 Å². The molecule has 5 rings (SSSR count). The second-order valence-corrected chi connectivity index (χ2v) is 8.66. The van der Waals surface area contributed by atoms with Crippen molar-refractivity contribution < 1.29 is 41.5 Å². The highest BCUT2D eigenvalue weighted by atomic mass is 19.4. The number of halogens is 4. The summed E-state index contributed by atoms with van der Waals surface area (Å²) in [5, 5.41) is 27.7. The van der Waals surface area contributed by atoms with Gasteiger partial charge in [-0.15, -0.1) is 10.2 Å². The molecular formula is C22H18F4N8O5. The van der Waals surface area contributed by atoms with Gasteiger partial charge in [0.2, 0.25) is 0 Å². The van der Waals surface area contributed by atoms with E-state index in [1.165, 1.54) is 18.2 Å². The van der Waals surface area contributed by atoms with E-state index in [4.69, 9.17) is 15.0 Å². The lowest BCUT2D eigenvalue weighted by atomic mass is 9.95. The van der Waals surface area contributed by atoms with Gasteiger partial charge in [-0.05, 0) is 25.1 Å². The van der Waals surface area contributed by atoms with Crippen molar-refractivity contribution in [1.82, 2.24) is 25.1 Å². The number of aliphatic hydroxyl groups is 1. The van der Waals surface area contributed by atoms with Crippen LogP contribution >= 0.6 is 0 Å². The number of rotatable bonds is 5. The molecule has 1 saturated heterocycles. The molecule has 0 spiro atoms. The number of morpholine rings is 1. The van der Waals surface area contributed by atoms with E-state index in [2.05, 4.69) is 25.8 Å². The minimum absolute atomic E-state index is 0.145. The zero-order chi connectivity index (χ0) is 28.1. The fourth-order valence-electron chi connectivity index (χ4n) is 3.89. The SMILES string of the molecule is C[C@](O)(C(=O)Nc1ccc2c(N)noc2c1)[C@H]1OCCN(c2nn(-c3cnnc(C(F)(F)F)c3)cc2F)C1=O. The number of anilines is 3. The summed E-state index contributed by atoms with van der Waals surface area (Å²) in [6.45, 7) is 0.604. The van der Waals surface area contributed by atoms with E-state index >= 15 is 0 Å². The van der Waals surface area contributed by atoms with Gasteiger partial charge in [0.1, 0.15) is 0 Å². The van der Waals surface area contributed by atoms with Gasteiger partial charge in [-0.25, -0.2) is 9.07 Å². The van der Waals surface area contributed by atoms with Gasteiger partial charge in [0, 0.05) is 11.8 Å². The molecule has 1 aromatic carbocycles. The van der Waals surface area contributed by atoms with Crippen molar-refractivity contribution in [1.29, 1.82) is 0 Å². The molecule has 4 aromatic rings. The lowest BCUT2D eigenvalue weighted by molar-refractivity contribution is -0.165. The Morgan fingerprint density at radius 1 is 1.28 bits per heavy atom. The topological polar surface area (TPSA) is 175 Å². The summed E-state index contributed by atoms with van der Waals surface area (Å²) in [5.41, 5.74) is 2.08. The molecule has 1 aliphatic heterocycles. The lowest BCUT2D eigenvalue weighted by Crippen LogP contribution is -2.61. The molecule has 0 bridgehead atoms. The van der Waals surface area contributed by atoms with E-state index in [0.717, 1.165) is 28.9 Å². The van der Waals surface area contributed by atoms with Crippen LogP contribution in [0.4, 0.5) is 34.9 Å². The van der Waals surface area contributed by atoms with E-state index in [1.807, 2.05) is 0 Å². The van der Waals surface area contributed by atoms with Gasteiger partial charge < -0.3 is 25.4 Å². The van der Waals surface area contributed by atoms with E-state index in [9.17, 15) is 32.3 Å². The molecule has 0 radical (unpaired) electrons. The van der Waals surface area contributed by atoms with Crippen molar-refractivity contribution in [3.63, 3.8) is 0 Å². The molecule has 2 atom stereocenters. The van der Waals surface area contributed by atoms with Crippen molar-refractivity contribution in [2.75, 3.05) is 29.1 Å². The maximum atomic E-state index is 14.8. The fraction of sp³-hybridized carbons (Fsp3) is 0.273. The van der Waals surface area contributed by atoms with Crippen LogP contribution in [0.2, 0.25) is 0 Å². The normalized spacial score (nSPS) is 17.8. The third-order valence-corrected chi connectivity index (χ3v) is 5.92. The van der Waals surface area contributed by atoms with Gasteiger partial charge in [0.25, 0.3) is 11.8 Å². The molecule has 13 nitrogen and oxygen atoms in total. The number of hydrogen-bond donors (Lipinski definition) is 3. The quantitative estimate of drug-likeness (QED) is 0.310. The molecule has 4 N–H and O–H groups in total. The summed E-state index contributed by atoms with van der Waals surface area (Å²) in [6.07, 6.45) is -4.90.